The molecule has 1 rings (SSSR count). The van der Waals surface area contributed by atoms with Crippen LogP contribution in [0.3, 0.4) is 0 Å². The number of hydrogen-bond acceptors (Lipinski definition) is 3. The van der Waals surface area contributed by atoms with Crippen LogP contribution in [0.4, 0.5) is 8.78 Å². The molecule has 1 atom stereocenters. The topological polar surface area (TPSA) is 24.5 Å². The summed E-state index contributed by atoms with van der Waals surface area (Å²) < 4.78 is 32.0. The van der Waals surface area contributed by atoms with Gasteiger partial charge in [0.2, 0.25) is 0 Å². The summed E-state index contributed by atoms with van der Waals surface area (Å²) >= 11 is 0. The lowest BCUT2D eigenvalue weighted by Crippen LogP contribution is -2.25. The Morgan fingerprint density at radius 3 is 2.68 bits per heavy atom. The third-order valence-electron chi connectivity index (χ3n) is 2.80. The summed E-state index contributed by atoms with van der Waals surface area (Å²) in [6, 6.07) is 3.25. The minimum absolute atomic E-state index is 0.242. The van der Waals surface area contributed by atoms with Gasteiger partial charge in [0.15, 0.2) is 0 Å². The van der Waals surface area contributed by atoms with Crippen molar-refractivity contribution in [2.75, 3.05) is 40.4 Å². The van der Waals surface area contributed by atoms with Gasteiger partial charge < -0.3 is 15.0 Å². The molecular formula is C14H22F2N2O. The average Bonchev–Trinajstić information content (AvgIpc) is 2.36. The molecular weight excluding hydrogens is 250 g/mol. The third kappa shape index (κ3) is 6.09. The second-order valence-corrected chi connectivity index (χ2v) is 4.76. The van der Waals surface area contributed by atoms with Crippen LogP contribution < -0.4 is 5.32 Å². The monoisotopic (exact) mass is 272 g/mol. The summed E-state index contributed by atoms with van der Waals surface area (Å²) in [5.41, 5.74) is 0.341. The van der Waals surface area contributed by atoms with Gasteiger partial charge in [0.1, 0.15) is 11.6 Å². The quantitative estimate of drug-likeness (QED) is 0.734. The summed E-state index contributed by atoms with van der Waals surface area (Å²) in [7, 11) is 3.97. The van der Waals surface area contributed by atoms with E-state index in [-0.39, 0.29) is 6.04 Å². The molecule has 0 aliphatic heterocycles. The Morgan fingerprint density at radius 1 is 1.26 bits per heavy atom. The van der Waals surface area contributed by atoms with Gasteiger partial charge in [-0.2, -0.15) is 0 Å². The average molecular weight is 272 g/mol. The van der Waals surface area contributed by atoms with Gasteiger partial charge in [-0.3, -0.25) is 0 Å². The Balaban J connectivity index is 2.27. The maximum absolute atomic E-state index is 13.5. The van der Waals surface area contributed by atoms with Gasteiger partial charge in [0, 0.05) is 24.7 Å². The van der Waals surface area contributed by atoms with Crippen molar-refractivity contribution in [2.24, 2.45) is 0 Å². The van der Waals surface area contributed by atoms with Crippen LogP contribution in [0.5, 0.6) is 0 Å². The lowest BCUT2D eigenvalue weighted by atomic mass is 10.1. The first-order valence-electron chi connectivity index (χ1n) is 6.41. The van der Waals surface area contributed by atoms with Crippen LogP contribution in [0.15, 0.2) is 18.2 Å². The van der Waals surface area contributed by atoms with Gasteiger partial charge in [0.05, 0.1) is 13.2 Å². The number of ether oxygens (including phenoxy) is 1. The molecule has 0 spiro atoms. The summed E-state index contributed by atoms with van der Waals surface area (Å²) in [4.78, 5) is 2.04. The van der Waals surface area contributed by atoms with Gasteiger partial charge in [-0.1, -0.05) is 0 Å². The lowest BCUT2D eigenvalue weighted by molar-refractivity contribution is 0.118. The minimum atomic E-state index is -0.424. The number of rotatable bonds is 8. The standard InChI is InChI=1S/C14H22F2N2O/c1-11(13-10-12(15)4-5-14(13)16)17-6-8-19-9-7-18(2)3/h4-5,10-11,17H,6-9H2,1-3H3. The van der Waals surface area contributed by atoms with E-state index >= 15 is 0 Å². The highest BCUT2D eigenvalue weighted by molar-refractivity contribution is 5.21. The van der Waals surface area contributed by atoms with Crippen molar-refractivity contribution in [3.63, 3.8) is 0 Å². The molecule has 1 unspecified atom stereocenters. The Kier molecular flexibility index (Phi) is 6.91. The van der Waals surface area contributed by atoms with E-state index in [9.17, 15) is 8.78 Å². The van der Waals surface area contributed by atoms with E-state index in [2.05, 4.69) is 5.32 Å². The normalized spacial score (nSPS) is 12.9. The van der Waals surface area contributed by atoms with Crippen molar-refractivity contribution >= 4 is 0 Å². The molecule has 0 heterocycles. The van der Waals surface area contributed by atoms with Gasteiger partial charge in [-0.05, 0) is 39.2 Å². The zero-order valence-corrected chi connectivity index (χ0v) is 11.7. The van der Waals surface area contributed by atoms with Crippen LogP contribution >= 0.6 is 0 Å². The second kappa shape index (κ2) is 8.19. The highest BCUT2D eigenvalue weighted by Gasteiger charge is 2.11. The molecule has 0 saturated carbocycles. The van der Waals surface area contributed by atoms with E-state index in [1.54, 1.807) is 6.92 Å². The first kappa shape index (κ1) is 16.0. The zero-order chi connectivity index (χ0) is 14.3. The van der Waals surface area contributed by atoms with E-state index in [0.29, 0.717) is 25.3 Å². The molecule has 0 aromatic heterocycles. The van der Waals surface area contributed by atoms with Crippen LogP contribution in [-0.4, -0.2) is 45.3 Å². The largest absolute Gasteiger partial charge is 0.379 e. The van der Waals surface area contributed by atoms with Crippen molar-refractivity contribution in [3.8, 4) is 0 Å². The predicted octanol–water partition coefficient (Wildman–Crippen LogP) is 2.19. The van der Waals surface area contributed by atoms with E-state index < -0.39 is 11.6 Å². The van der Waals surface area contributed by atoms with Crippen LogP contribution in [0.25, 0.3) is 0 Å². The molecule has 1 aromatic carbocycles. The maximum Gasteiger partial charge on any atom is 0.128 e. The van der Waals surface area contributed by atoms with Crippen LogP contribution in [0, 0.1) is 11.6 Å². The highest BCUT2D eigenvalue weighted by atomic mass is 19.1. The van der Waals surface area contributed by atoms with Crippen molar-refractivity contribution in [2.45, 2.75) is 13.0 Å². The molecule has 3 nitrogen and oxygen atoms in total. The van der Waals surface area contributed by atoms with Crippen molar-refractivity contribution in [1.82, 2.24) is 10.2 Å². The first-order chi connectivity index (χ1) is 9.00. The summed E-state index contributed by atoms with van der Waals surface area (Å²) in [5, 5.41) is 3.11. The van der Waals surface area contributed by atoms with Gasteiger partial charge in [-0.15, -0.1) is 0 Å². The van der Waals surface area contributed by atoms with Gasteiger partial charge >= 0.3 is 0 Å². The van der Waals surface area contributed by atoms with E-state index in [1.807, 2.05) is 19.0 Å². The number of nitrogens with one attached hydrogen (secondary N) is 1. The Morgan fingerprint density at radius 2 is 2.00 bits per heavy atom. The fourth-order valence-electron chi connectivity index (χ4n) is 1.65. The highest BCUT2D eigenvalue weighted by Crippen LogP contribution is 2.17. The molecule has 0 radical (unpaired) electrons. The van der Waals surface area contributed by atoms with E-state index in [0.717, 1.165) is 18.7 Å². The van der Waals surface area contributed by atoms with E-state index in [1.165, 1.54) is 6.07 Å². The molecule has 1 aromatic rings. The zero-order valence-electron chi connectivity index (χ0n) is 11.7. The smallest absolute Gasteiger partial charge is 0.128 e. The third-order valence-corrected chi connectivity index (χ3v) is 2.80. The molecule has 0 fully saturated rings. The Hall–Kier alpha value is -1.04. The number of hydrogen-bond donors (Lipinski definition) is 1. The van der Waals surface area contributed by atoms with Gasteiger partial charge in [-0.25, -0.2) is 8.78 Å². The summed E-state index contributed by atoms with van der Waals surface area (Å²) in [6.45, 7) is 4.49. The fourth-order valence-corrected chi connectivity index (χ4v) is 1.65. The van der Waals surface area contributed by atoms with Crippen LogP contribution in [0.2, 0.25) is 0 Å². The summed E-state index contributed by atoms with van der Waals surface area (Å²) in [5.74, 6) is -0.817. The Labute approximate surface area is 113 Å². The molecule has 1 N–H and O–H groups in total. The predicted molar refractivity (Wildman–Crippen MR) is 72.1 cm³/mol. The number of nitrogens with zero attached hydrogens (tertiary/aromatic N) is 1. The number of halogens is 2. The van der Waals surface area contributed by atoms with Crippen LogP contribution in [-0.2, 0) is 4.74 Å². The second-order valence-electron chi connectivity index (χ2n) is 4.76. The van der Waals surface area contributed by atoms with Crippen LogP contribution in [0.1, 0.15) is 18.5 Å². The Bertz CT molecular complexity index is 386. The molecule has 5 heteroatoms. The molecule has 0 bridgehead atoms. The van der Waals surface area contributed by atoms with Crippen molar-refractivity contribution in [3.05, 3.63) is 35.4 Å². The molecule has 0 amide bonds. The summed E-state index contributed by atoms with van der Waals surface area (Å²) in [6.07, 6.45) is 0. The molecule has 0 aliphatic rings. The number of benzene rings is 1. The van der Waals surface area contributed by atoms with Crippen molar-refractivity contribution in [1.29, 1.82) is 0 Å². The van der Waals surface area contributed by atoms with Crippen molar-refractivity contribution < 1.29 is 13.5 Å². The maximum atomic E-state index is 13.5. The SMILES string of the molecule is CC(NCCOCCN(C)C)c1cc(F)ccc1F. The molecule has 108 valence electrons. The molecule has 19 heavy (non-hydrogen) atoms. The lowest BCUT2D eigenvalue weighted by Gasteiger charge is -2.15. The minimum Gasteiger partial charge on any atom is -0.379 e. The molecule has 0 saturated heterocycles. The fraction of sp³-hybridized carbons (Fsp3) is 0.571. The number of likely N-dealkylation sites (N-methyl/N-ethyl adjacent to an activating group) is 1. The molecule has 0 aliphatic carbocycles. The van der Waals surface area contributed by atoms with E-state index in [4.69, 9.17) is 4.74 Å². The first-order valence-corrected chi connectivity index (χ1v) is 6.41. The van der Waals surface area contributed by atoms with Gasteiger partial charge in [0.25, 0.3) is 0 Å².